The van der Waals surface area contributed by atoms with Crippen molar-refractivity contribution in [3.05, 3.63) is 107 Å². The van der Waals surface area contributed by atoms with E-state index in [1.165, 1.54) is 13.2 Å². The van der Waals surface area contributed by atoms with Crippen molar-refractivity contribution >= 4 is 46.9 Å². The van der Waals surface area contributed by atoms with Crippen molar-refractivity contribution in [2.75, 3.05) is 12.4 Å². The summed E-state index contributed by atoms with van der Waals surface area (Å²) in [7, 11) is 1.34. The molecule has 1 N–H and O–H groups in total. The molecule has 180 valence electrons. The first kappa shape index (κ1) is 25.9. The van der Waals surface area contributed by atoms with Gasteiger partial charge in [-0.15, -0.1) is 12.4 Å². The monoisotopic (exact) mass is 499 g/mol. The minimum atomic E-state index is -0.500. The highest BCUT2D eigenvalue weighted by atomic mass is 35.5. The lowest BCUT2D eigenvalue weighted by Crippen LogP contribution is -2.13. The zero-order valence-corrected chi connectivity index (χ0v) is 20.1. The van der Waals surface area contributed by atoms with Gasteiger partial charge in [0.15, 0.2) is 0 Å². The second-order valence-corrected chi connectivity index (χ2v) is 7.55. The molecule has 0 saturated carbocycles. The molecule has 36 heavy (non-hydrogen) atoms. The summed E-state index contributed by atoms with van der Waals surface area (Å²) in [4.78, 5) is 28.5. The van der Waals surface area contributed by atoms with Gasteiger partial charge in [-0.1, -0.05) is 30.3 Å². The minimum absolute atomic E-state index is 0. The van der Waals surface area contributed by atoms with Gasteiger partial charge in [0.1, 0.15) is 24.0 Å². The third-order valence-corrected chi connectivity index (χ3v) is 5.23. The lowest BCUT2D eigenvalue weighted by atomic mass is 10.1. The average molecular weight is 500 g/mol. The number of nitrogens with one attached hydrogen (secondary N) is 1. The zero-order chi connectivity index (χ0) is 24.6. The maximum Gasteiger partial charge on any atom is 0.337 e. The number of amides is 1. The predicted octanol–water partition coefficient (Wildman–Crippen LogP) is 5.57. The van der Waals surface area contributed by atoms with E-state index in [1.54, 1.807) is 72.9 Å². The fourth-order valence-corrected chi connectivity index (χ4v) is 3.40. The number of anilines is 1. The van der Waals surface area contributed by atoms with Crippen LogP contribution in [0.4, 0.5) is 5.69 Å². The number of methoxy groups -OCH3 is 1. The van der Waals surface area contributed by atoms with E-state index in [0.717, 1.165) is 16.5 Å². The number of pyridine rings is 1. The smallest absolute Gasteiger partial charge is 0.337 e. The summed E-state index contributed by atoms with van der Waals surface area (Å²) in [5, 5.41) is 13.1. The van der Waals surface area contributed by atoms with E-state index in [4.69, 9.17) is 9.47 Å². The Balaban J connectivity index is 0.00000361. The van der Waals surface area contributed by atoms with Crippen LogP contribution in [-0.4, -0.2) is 24.0 Å². The lowest BCUT2D eigenvalue weighted by Gasteiger charge is -2.08. The zero-order valence-electron chi connectivity index (χ0n) is 19.3. The summed E-state index contributed by atoms with van der Waals surface area (Å²) in [6, 6.07) is 25.1. The first-order chi connectivity index (χ1) is 17.1. The summed E-state index contributed by atoms with van der Waals surface area (Å²) < 4.78 is 10.5. The van der Waals surface area contributed by atoms with Gasteiger partial charge >= 0.3 is 5.97 Å². The maximum atomic E-state index is 12.7. The van der Waals surface area contributed by atoms with Crippen LogP contribution in [0.2, 0.25) is 0 Å². The van der Waals surface area contributed by atoms with E-state index >= 15 is 0 Å². The summed E-state index contributed by atoms with van der Waals surface area (Å²) >= 11 is 0. The fraction of sp³-hybridized carbons (Fsp3) is 0.0714. The number of carbonyl (C=O) groups excluding carboxylic acids is 2. The first-order valence-corrected chi connectivity index (χ1v) is 10.7. The number of benzene rings is 3. The summed E-state index contributed by atoms with van der Waals surface area (Å²) in [5.41, 5.74) is 3.37. The number of fused-ring (bicyclic) bond motifs is 1. The van der Waals surface area contributed by atoms with Gasteiger partial charge in [-0.2, -0.15) is 5.26 Å². The number of hydrogen-bond acceptors (Lipinski definition) is 6. The topological polar surface area (TPSA) is 101 Å². The average Bonchev–Trinajstić information content (AvgIpc) is 2.91. The number of nitriles is 1. The van der Waals surface area contributed by atoms with Gasteiger partial charge in [0, 0.05) is 11.6 Å². The third-order valence-electron chi connectivity index (χ3n) is 5.23. The van der Waals surface area contributed by atoms with Gasteiger partial charge < -0.3 is 14.8 Å². The summed E-state index contributed by atoms with van der Waals surface area (Å²) in [6.07, 6.45) is 3.21. The number of ether oxygens (including phenoxy) is 2. The van der Waals surface area contributed by atoms with Crippen LogP contribution in [0.25, 0.3) is 17.0 Å². The molecule has 4 aromatic rings. The van der Waals surface area contributed by atoms with Crippen LogP contribution in [0, 0.1) is 11.3 Å². The number of hydrogen-bond donors (Lipinski definition) is 1. The van der Waals surface area contributed by atoms with E-state index in [-0.39, 0.29) is 23.9 Å². The normalized spacial score (nSPS) is 10.6. The Hall–Kier alpha value is -4.67. The highest BCUT2D eigenvalue weighted by molar-refractivity contribution is 6.12. The molecule has 0 aliphatic heterocycles. The Kier molecular flexibility index (Phi) is 8.76. The Labute approximate surface area is 214 Å². The van der Waals surface area contributed by atoms with Gasteiger partial charge in [-0.25, -0.2) is 4.79 Å². The standard InChI is InChI=1S/C28H21N3O4.ClH/c1-34-28(33)21-11-7-20(8-12-21)18-35-23-13-9-19(10-14-23)16-22(17-29)27(32)31-26-6-2-5-25-24(26)4-3-15-30-25;/h2-16H,18H2,1H3,(H,31,32);1H/b22-16-;. The highest BCUT2D eigenvalue weighted by Crippen LogP contribution is 2.22. The lowest BCUT2D eigenvalue weighted by molar-refractivity contribution is -0.112. The Morgan fingerprint density at radius 2 is 1.75 bits per heavy atom. The fourth-order valence-electron chi connectivity index (χ4n) is 3.40. The molecule has 3 aromatic carbocycles. The SMILES string of the molecule is COC(=O)c1ccc(COc2ccc(/C=C(/C#N)C(=O)Nc3cccc4ncccc34)cc2)cc1.Cl. The molecular weight excluding hydrogens is 478 g/mol. The van der Waals surface area contributed by atoms with Crippen molar-refractivity contribution in [2.24, 2.45) is 0 Å². The van der Waals surface area contributed by atoms with Crippen molar-refractivity contribution in [1.82, 2.24) is 4.98 Å². The number of esters is 1. The number of carbonyl (C=O) groups is 2. The molecule has 0 aliphatic carbocycles. The Morgan fingerprint density at radius 1 is 1.00 bits per heavy atom. The van der Waals surface area contributed by atoms with Crippen LogP contribution in [0.15, 0.2) is 90.6 Å². The van der Waals surface area contributed by atoms with Crippen LogP contribution >= 0.6 is 12.4 Å². The molecule has 0 saturated heterocycles. The molecule has 4 rings (SSSR count). The molecule has 1 heterocycles. The van der Waals surface area contributed by atoms with E-state index in [2.05, 4.69) is 10.3 Å². The van der Waals surface area contributed by atoms with Gasteiger partial charge in [0.05, 0.1) is 23.9 Å². The molecule has 7 nitrogen and oxygen atoms in total. The van der Waals surface area contributed by atoms with Gasteiger partial charge in [-0.05, 0) is 65.7 Å². The first-order valence-electron chi connectivity index (χ1n) is 10.7. The Morgan fingerprint density at radius 3 is 2.44 bits per heavy atom. The van der Waals surface area contributed by atoms with Crippen LogP contribution in [0.5, 0.6) is 5.75 Å². The highest BCUT2D eigenvalue weighted by Gasteiger charge is 2.12. The molecule has 0 bridgehead atoms. The van der Waals surface area contributed by atoms with Crippen LogP contribution in [-0.2, 0) is 16.1 Å². The van der Waals surface area contributed by atoms with Crippen LogP contribution < -0.4 is 10.1 Å². The number of halogens is 1. The number of rotatable bonds is 7. The van der Waals surface area contributed by atoms with Gasteiger partial charge in [0.2, 0.25) is 0 Å². The van der Waals surface area contributed by atoms with Gasteiger partial charge in [-0.3, -0.25) is 9.78 Å². The Bertz CT molecular complexity index is 1440. The number of aromatic nitrogens is 1. The number of nitrogens with zero attached hydrogens (tertiary/aromatic N) is 2. The molecule has 0 atom stereocenters. The molecule has 1 aromatic heterocycles. The van der Waals surface area contributed by atoms with Crippen molar-refractivity contribution in [1.29, 1.82) is 5.26 Å². The van der Waals surface area contributed by atoms with Crippen LogP contribution in [0.1, 0.15) is 21.5 Å². The molecule has 0 spiro atoms. The van der Waals surface area contributed by atoms with E-state index in [9.17, 15) is 14.9 Å². The van der Waals surface area contributed by atoms with E-state index in [1.807, 2.05) is 18.2 Å². The summed E-state index contributed by atoms with van der Waals surface area (Å²) in [6.45, 7) is 0.322. The van der Waals surface area contributed by atoms with Crippen LogP contribution in [0.3, 0.4) is 0 Å². The van der Waals surface area contributed by atoms with Crippen molar-refractivity contribution in [3.8, 4) is 11.8 Å². The van der Waals surface area contributed by atoms with E-state index < -0.39 is 5.91 Å². The van der Waals surface area contributed by atoms with Crippen molar-refractivity contribution in [2.45, 2.75) is 6.61 Å². The molecule has 0 radical (unpaired) electrons. The van der Waals surface area contributed by atoms with Gasteiger partial charge in [0.25, 0.3) is 5.91 Å². The second-order valence-electron chi connectivity index (χ2n) is 7.55. The second kappa shape index (κ2) is 12.2. The molecular formula is C28H22ClN3O4. The summed E-state index contributed by atoms with van der Waals surface area (Å²) in [5.74, 6) is -0.259. The van der Waals surface area contributed by atoms with Crippen molar-refractivity contribution in [3.63, 3.8) is 0 Å². The maximum absolute atomic E-state index is 12.7. The minimum Gasteiger partial charge on any atom is -0.489 e. The molecule has 0 aliphatic rings. The molecule has 8 heteroatoms. The largest absolute Gasteiger partial charge is 0.489 e. The van der Waals surface area contributed by atoms with Crippen molar-refractivity contribution < 1.29 is 19.1 Å². The third kappa shape index (κ3) is 6.26. The molecule has 0 unspecified atom stereocenters. The quantitative estimate of drug-likeness (QED) is 0.203. The molecule has 1 amide bonds. The van der Waals surface area contributed by atoms with E-state index in [0.29, 0.717) is 29.2 Å². The molecule has 0 fully saturated rings. The predicted molar refractivity (Wildman–Crippen MR) is 140 cm³/mol.